The van der Waals surface area contributed by atoms with Gasteiger partial charge in [0, 0.05) is 29.4 Å². The van der Waals surface area contributed by atoms with E-state index in [9.17, 15) is 4.79 Å². The Kier molecular flexibility index (Phi) is 4.81. The van der Waals surface area contributed by atoms with Crippen LogP contribution >= 0.6 is 0 Å². The van der Waals surface area contributed by atoms with Gasteiger partial charge in [-0.2, -0.15) is 0 Å². The number of rotatable bonds is 5. The molecule has 0 radical (unpaired) electrons. The fraction of sp³-hybridized carbons (Fsp3) is 0.345. The minimum absolute atomic E-state index is 0.0520. The van der Waals surface area contributed by atoms with Crippen LogP contribution < -0.4 is 28.6 Å². The highest BCUT2D eigenvalue weighted by atomic mass is 16.7. The lowest BCUT2D eigenvalue weighted by Crippen LogP contribution is -2.43. The molecule has 184 valence electrons. The maximum Gasteiger partial charge on any atom is 0.245 e. The van der Waals surface area contributed by atoms with E-state index in [1.54, 1.807) is 0 Å². The van der Waals surface area contributed by atoms with Gasteiger partial charge in [0.05, 0.1) is 0 Å². The summed E-state index contributed by atoms with van der Waals surface area (Å²) in [5.74, 6) is 3.49. The number of hydrogen-bond acceptors (Lipinski definition) is 6. The molecule has 0 fully saturated rings. The molecule has 7 heteroatoms. The monoisotopic (exact) mass is 485 g/mol. The van der Waals surface area contributed by atoms with Crippen LogP contribution in [0.15, 0.2) is 48.5 Å². The van der Waals surface area contributed by atoms with Gasteiger partial charge in [0.2, 0.25) is 12.7 Å². The van der Waals surface area contributed by atoms with Crippen molar-refractivity contribution in [3.05, 3.63) is 59.7 Å². The van der Waals surface area contributed by atoms with E-state index in [1.165, 1.54) is 0 Å². The summed E-state index contributed by atoms with van der Waals surface area (Å²) in [6.45, 7) is 4.31. The molecule has 3 aromatic rings. The zero-order valence-corrected chi connectivity index (χ0v) is 20.2. The van der Waals surface area contributed by atoms with E-state index in [0.29, 0.717) is 37.0 Å². The Morgan fingerprint density at radius 3 is 2.50 bits per heavy atom. The molecule has 0 saturated heterocycles. The third-order valence-corrected chi connectivity index (χ3v) is 7.59. The van der Waals surface area contributed by atoms with Gasteiger partial charge in [-0.05, 0) is 41.8 Å². The lowest BCUT2D eigenvalue weighted by atomic mass is 9.74. The first-order valence-corrected chi connectivity index (χ1v) is 12.6. The predicted molar refractivity (Wildman–Crippen MR) is 134 cm³/mol. The Labute approximate surface area is 209 Å². The van der Waals surface area contributed by atoms with Crippen molar-refractivity contribution in [1.29, 1.82) is 0 Å². The molecular weight excluding hydrogens is 458 g/mol. The fourth-order valence-electron chi connectivity index (χ4n) is 5.88. The van der Waals surface area contributed by atoms with E-state index in [2.05, 4.69) is 19.1 Å². The molecule has 7 rings (SSSR count). The molecule has 3 aromatic carbocycles. The number of nitrogens with zero attached hydrogens (tertiary/aromatic N) is 1. The SMILES string of the molecule is CCCCCN1C(=O)C2(COc3cc4c(cc32)OCO4)c2c(-c3ccc4c(c3)OCCO4)cccc21. The molecule has 7 nitrogen and oxygen atoms in total. The molecule has 4 aliphatic rings. The summed E-state index contributed by atoms with van der Waals surface area (Å²) in [6, 6.07) is 16.0. The molecule has 0 saturated carbocycles. The van der Waals surface area contributed by atoms with Gasteiger partial charge in [-0.15, -0.1) is 0 Å². The zero-order valence-electron chi connectivity index (χ0n) is 20.2. The average Bonchev–Trinajstić information content (AvgIpc) is 3.59. The molecule has 1 unspecified atom stereocenters. The number of ether oxygens (including phenoxy) is 5. The number of carbonyl (C=O) groups is 1. The number of carbonyl (C=O) groups excluding carboxylic acids is 1. The van der Waals surface area contributed by atoms with E-state index in [4.69, 9.17) is 23.7 Å². The topological polar surface area (TPSA) is 66.5 Å². The summed E-state index contributed by atoms with van der Waals surface area (Å²) >= 11 is 0. The lowest BCUT2D eigenvalue weighted by molar-refractivity contribution is -0.122. The average molecular weight is 486 g/mol. The van der Waals surface area contributed by atoms with Crippen molar-refractivity contribution in [3.63, 3.8) is 0 Å². The van der Waals surface area contributed by atoms with Crippen LogP contribution in [0.2, 0.25) is 0 Å². The fourth-order valence-corrected chi connectivity index (χ4v) is 5.88. The Morgan fingerprint density at radius 2 is 1.64 bits per heavy atom. The molecular formula is C29H27NO6. The van der Waals surface area contributed by atoms with Crippen LogP contribution in [0.5, 0.6) is 28.7 Å². The molecule has 4 aliphatic heterocycles. The minimum atomic E-state index is -0.957. The summed E-state index contributed by atoms with van der Waals surface area (Å²) in [4.78, 5) is 16.3. The minimum Gasteiger partial charge on any atom is -0.491 e. The van der Waals surface area contributed by atoms with Gasteiger partial charge >= 0.3 is 0 Å². The van der Waals surface area contributed by atoms with E-state index < -0.39 is 5.41 Å². The number of hydrogen-bond donors (Lipinski definition) is 0. The first-order valence-electron chi connectivity index (χ1n) is 12.6. The first kappa shape index (κ1) is 21.4. The zero-order chi connectivity index (χ0) is 24.3. The molecule has 4 heterocycles. The third-order valence-electron chi connectivity index (χ3n) is 7.59. The highest BCUT2D eigenvalue weighted by Crippen LogP contribution is 2.57. The second-order valence-electron chi connectivity index (χ2n) is 9.62. The van der Waals surface area contributed by atoms with Gasteiger partial charge in [0.15, 0.2) is 23.0 Å². The molecule has 0 N–H and O–H groups in total. The van der Waals surface area contributed by atoms with Crippen LogP contribution in [0.25, 0.3) is 11.1 Å². The number of benzene rings is 3. The van der Waals surface area contributed by atoms with Gasteiger partial charge in [-0.3, -0.25) is 4.79 Å². The van der Waals surface area contributed by atoms with E-state index in [0.717, 1.165) is 58.7 Å². The standard InChI is InChI=1S/C29H27NO6/c1-2-3-4-10-30-21-7-5-6-19(18-8-9-22-24(13-18)33-12-11-32-22)27(21)29(28(30)31)16-34-23-15-26-25(14-20(23)29)35-17-36-26/h5-9,13-15H,2-4,10-12,16-17H2,1H3. The molecule has 36 heavy (non-hydrogen) atoms. The Balaban J connectivity index is 1.43. The third kappa shape index (κ3) is 2.95. The van der Waals surface area contributed by atoms with Crippen LogP contribution in [0, 0.1) is 0 Å². The molecule has 0 bridgehead atoms. The smallest absolute Gasteiger partial charge is 0.245 e. The normalized spacial score (nSPS) is 20.5. The number of fused-ring (bicyclic) bond motifs is 6. The Morgan fingerprint density at radius 1 is 0.833 bits per heavy atom. The largest absolute Gasteiger partial charge is 0.491 e. The number of anilines is 1. The summed E-state index contributed by atoms with van der Waals surface area (Å²) in [5.41, 5.74) is 3.76. The van der Waals surface area contributed by atoms with Gasteiger partial charge in [-0.1, -0.05) is 38.0 Å². The first-order chi connectivity index (χ1) is 17.7. The van der Waals surface area contributed by atoms with Crippen molar-refractivity contribution >= 4 is 11.6 Å². The highest BCUT2D eigenvalue weighted by Gasteiger charge is 2.58. The van der Waals surface area contributed by atoms with Crippen LogP contribution in [0.1, 0.15) is 37.3 Å². The van der Waals surface area contributed by atoms with E-state index in [1.807, 2.05) is 41.3 Å². The van der Waals surface area contributed by atoms with Crippen molar-refractivity contribution < 1.29 is 28.5 Å². The second-order valence-corrected chi connectivity index (χ2v) is 9.62. The van der Waals surface area contributed by atoms with Crippen LogP contribution in [-0.4, -0.2) is 39.1 Å². The summed E-state index contributed by atoms with van der Waals surface area (Å²) in [7, 11) is 0. The van der Waals surface area contributed by atoms with E-state index >= 15 is 0 Å². The number of unbranched alkanes of at least 4 members (excludes halogenated alkanes) is 2. The maximum atomic E-state index is 14.4. The van der Waals surface area contributed by atoms with Gasteiger partial charge in [0.1, 0.15) is 31.0 Å². The van der Waals surface area contributed by atoms with Gasteiger partial charge in [-0.25, -0.2) is 0 Å². The maximum absolute atomic E-state index is 14.4. The quantitative estimate of drug-likeness (QED) is 0.470. The van der Waals surface area contributed by atoms with Crippen molar-refractivity contribution in [1.82, 2.24) is 0 Å². The lowest BCUT2D eigenvalue weighted by Gasteiger charge is -2.25. The van der Waals surface area contributed by atoms with Crippen molar-refractivity contribution in [2.45, 2.75) is 31.6 Å². The van der Waals surface area contributed by atoms with Crippen molar-refractivity contribution in [2.75, 3.05) is 38.1 Å². The predicted octanol–water partition coefficient (Wildman–Crippen LogP) is 5.07. The Bertz CT molecular complexity index is 1380. The van der Waals surface area contributed by atoms with Crippen LogP contribution in [-0.2, 0) is 10.2 Å². The van der Waals surface area contributed by atoms with Gasteiger partial charge in [0.25, 0.3) is 0 Å². The number of amides is 1. The molecule has 0 aliphatic carbocycles. The molecule has 1 atom stereocenters. The highest BCUT2D eigenvalue weighted by molar-refractivity contribution is 6.13. The van der Waals surface area contributed by atoms with E-state index in [-0.39, 0.29) is 19.3 Å². The second kappa shape index (κ2) is 8.08. The van der Waals surface area contributed by atoms with Crippen molar-refractivity contribution in [2.24, 2.45) is 0 Å². The van der Waals surface area contributed by atoms with Crippen LogP contribution in [0.3, 0.4) is 0 Å². The summed E-state index contributed by atoms with van der Waals surface area (Å²) in [5, 5.41) is 0. The van der Waals surface area contributed by atoms with Gasteiger partial charge < -0.3 is 28.6 Å². The molecule has 1 amide bonds. The van der Waals surface area contributed by atoms with Crippen LogP contribution in [0.4, 0.5) is 5.69 Å². The summed E-state index contributed by atoms with van der Waals surface area (Å²) in [6.07, 6.45) is 3.10. The Hall–Kier alpha value is -3.87. The van der Waals surface area contributed by atoms with Crippen molar-refractivity contribution in [3.8, 4) is 39.9 Å². The summed E-state index contributed by atoms with van der Waals surface area (Å²) < 4.78 is 29.1. The molecule has 1 spiro atoms. The molecule has 0 aromatic heterocycles.